The molecule has 0 bridgehead atoms. The molecular formula is C13H8N2O6S. The molecule has 0 amide bonds. The van der Waals surface area contributed by atoms with Crippen LogP contribution >= 0.6 is 12.2 Å². The number of thiocarbonyl (C=S) groups is 1. The molecule has 0 aliphatic carbocycles. The standard InChI is InChI=1S/C13H8N2O6S/c16-14(17)9-1-5-11(6-2-9)20-13(22)21-12-7-3-10(4-8-12)15(18)19/h1-8H. The summed E-state index contributed by atoms with van der Waals surface area (Å²) in [6.45, 7) is 0. The fraction of sp³-hybridized carbons (Fsp3) is 0. The first kappa shape index (κ1) is 15.3. The highest BCUT2D eigenvalue weighted by Gasteiger charge is 2.09. The number of rotatable bonds is 4. The molecule has 0 aliphatic heterocycles. The summed E-state index contributed by atoms with van der Waals surface area (Å²) in [5.74, 6) is 0.551. The molecule has 0 radical (unpaired) electrons. The molecule has 0 atom stereocenters. The highest BCUT2D eigenvalue weighted by molar-refractivity contribution is 7.79. The van der Waals surface area contributed by atoms with Crippen LogP contribution in [0.4, 0.5) is 11.4 Å². The van der Waals surface area contributed by atoms with Crippen LogP contribution in [0, 0.1) is 20.2 Å². The third-order valence-electron chi connectivity index (χ3n) is 2.50. The molecule has 9 heteroatoms. The Morgan fingerprint density at radius 2 is 1.09 bits per heavy atom. The van der Waals surface area contributed by atoms with E-state index in [0.29, 0.717) is 0 Å². The van der Waals surface area contributed by atoms with Gasteiger partial charge in [-0.3, -0.25) is 20.2 Å². The van der Waals surface area contributed by atoms with Gasteiger partial charge in [0.25, 0.3) is 11.4 Å². The van der Waals surface area contributed by atoms with E-state index in [0.717, 1.165) is 0 Å². The second-order valence-corrected chi connectivity index (χ2v) is 4.29. The van der Waals surface area contributed by atoms with E-state index in [9.17, 15) is 20.2 Å². The Morgan fingerprint density at radius 3 is 1.36 bits per heavy atom. The molecule has 2 aromatic rings. The molecule has 22 heavy (non-hydrogen) atoms. The monoisotopic (exact) mass is 320 g/mol. The maximum absolute atomic E-state index is 10.5. The number of nitrogens with zero attached hydrogens (tertiary/aromatic N) is 2. The molecule has 2 rings (SSSR count). The molecule has 8 nitrogen and oxygen atoms in total. The highest BCUT2D eigenvalue weighted by atomic mass is 32.1. The van der Waals surface area contributed by atoms with Gasteiger partial charge in [-0.2, -0.15) is 0 Å². The van der Waals surface area contributed by atoms with Crippen LogP contribution in [0.25, 0.3) is 0 Å². The Bertz CT molecular complexity index is 653. The Morgan fingerprint density at radius 1 is 0.773 bits per heavy atom. The molecule has 0 unspecified atom stereocenters. The van der Waals surface area contributed by atoms with Crippen LogP contribution in [0.3, 0.4) is 0 Å². The molecule has 0 aliphatic rings. The molecule has 0 saturated heterocycles. The van der Waals surface area contributed by atoms with Crippen molar-refractivity contribution < 1.29 is 19.3 Å². The van der Waals surface area contributed by atoms with E-state index in [-0.39, 0.29) is 28.1 Å². The Balaban J connectivity index is 1.97. The third kappa shape index (κ3) is 3.96. The van der Waals surface area contributed by atoms with E-state index >= 15 is 0 Å². The molecule has 0 spiro atoms. The van der Waals surface area contributed by atoms with Gasteiger partial charge in [-0.25, -0.2) is 0 Å². The molecule has 112 valence electrons. The molecule has 0 fully saturated rings. The third-order valence-corrected chi connectivity index (χ3v) is 2.66. The van der Waals surface area contributed by atoms with Crippen molar-refractivity contribution in [1.82, 2.24) is 0 Å². The van der Waals surface area contributed by atoms with Crippen molar-refractivity contribution in [3.8, 4) is 11.5 Å². The van der Waals surface area contributed by atoms with E-state index in [1.807, 2.05) is 0 Å². The van der Waals surface area contributed by atoms with Crippen LogP contribution in [0.15, 0.2) is 48.5 Å². The van der Waals surface area contributed by atoms with Gasteiger partial charge >= 0.3 is 5.24 Å². The largest absolute Gasteiger partial charge is 0.417 e. The lowest BCUT2D eigenvalue weighted by Crippen LogP contribution is -2.13. The minimum absolute atomic E-state index is 0.0745. The first-order valence-corrected chi connectivity index (χ1v) is 6.25. The summed E-state index contributed by atoms with van der Waals surface area (Å²) in [6.07, 6.45) is 0. The summed E-state index contributed by atoms with van der Waals surface area (Å²) >= 11 is 4.87. The Hall–Kier alpha value is -3.07. The average molecular weight is 320 g/mol. The lowest BCUT2D eigenvalue weighted by Gasteiger charge is -2.07. The summed E-state index contributed by atoms with van der Waals surface area (Å²) in [7, 11) is 0. The molecular weight excluding hydrogens is 312 g/mol. The molecule has 2 aromatic carbocycles. The fourth-order valence-corrected chi connectivity index (χ4v) is 1.68. The second-order valence-electron chi connectivity index (χ2n) is 3.96. The lowest BCUT2D eigenvalue weighted by atomic mass is 10.3. The first-order valence-electron chi connectivity index (χ1n) is 5.84. The summed E-state index contributed by atoms with van der Waals surface area (Å²) in [5, 5.41) is 20.8. The predicted molar refractivity (Wildman–Crippen MR) is 80.0 cm³/mol. The van der Waals surface area contributed by atoms with Gasteiger partial charge in [-0.05, 0) is 24.3 Å². The van der Waals surface area contributed by atoms with Gasteiger partial charge in [0.05, 0.1) is 9.85 Å². The van der Waals surface area contributed by atoms with Crippen molar-refractivity contribution in [2.75, 3.05) is 0 Å². The van der Waals surface area contributed by atoms with Gasteiger partial charge in [0.2, 0.25) is 0 Å². The first-order chi connectivity index (χ1) is 10.5. The summed E-state index contributed by atoms with van der Waals surface area (Å²) in [4.78, 5) is 20.0. The van der Waals surface area contributed by atoms with Crippen LogP contribution in [0.1, 0.15) is 0 Å². The van der Waals surface area contributed by atoms with Crippen LogP contribution in [-0.2, 0) is 0 Å². The minimum Gasteiger partial charge on any atom is -0.417 e. The number of nitro benzene ring substituents is 2. The van der Waals surface area contributed by atoms with Crippen LogP contribution in [0.2, 0.25) is 0 Å². The van der Waals surface area contributed by atoms with Crippen molar-refractivity contribution in [3.63, 3.8) is 0 Å². The predicted octanol–water partition coefficient (Wildman–Crippen LogP) is 3.25. The lowest BCUT2D eigenvalue weighted by molar-refractivity contribution is -0.385. The van der Waals surface area contributed by atoms with Gasteiger partial charge in [0, 0.05) is 36.5 Å². The highest BCUT2D eigenvalue weighted by Crippen LogP contribution is 2.20. The van der Waals surface area contributed by atoms with E-state index in [4.69, 9.17) is 21.7 Å². The van der Waals surface area contributed by atoms with E-state index < -0.39 is 9.85 Å². The quantitative estimate of drug-likeness (QED) is 0.483. The van der Waals surface area contributed by atoms with Crippen LogP contribution in [-0.4, -0.2) is 15.1 Å². The smallest absolute Gasteiger partial charge is 0.363 e. The number of benzene rings is 2. The number of ether oxygens (including phenoxy) is 2. The molecule has 0 heterocycles. The van der Waals surface area contributed by atoms with Crippen LogP contribution < -0.4 is 9.47 Å². The number of non-ortho nitro benzene ring substituents is 2. The topological polar surface area (TPSA) is 105 Å². The minimum atomic E-state index is -0.532. The zero-order valence-electron chi connectivity index (χ0n) is 10.9. The van der Waals surface area contributed by atoms with Crippen molar-refractivity contribution in [3.05, 3.63) is 68.8 Å². The van der Waals surface area contributed by atoms with Gasteiger partial charge < -0.3 is 9.47 Å². The zero-order chi connectivity index (χ0) is 16.1. The second kappa shape index (κ2) is 6.59. The van der Waals surface area contributed by atoms with Gasteiger partial charge in [0.15, 0.2) is 0 Å². The van der Waals surface area contributed by atoms with Crippen LogP contribution in [0.5, 0.6) is 11.5 Å². The van der Waals surface area contributed by atoms with Crippen molar-refractivity contribution in [1.29, 1.82) is 0 Å². The van der Waals surface area contributed by atoms with E-state index in [1.165, 1.54) is 48.5 Å². The molecule has 0 saturated carbocycles. The van der Waals surface area contributed by atoms with Gasteiger partial charge in [-0.1, -0.05) is 0 Å². The maximum atomic E-state index is 10.5. The molecule has 0 aromatic heterocycles. The van der Waals surface area contributed by atoms with E-state index in [2.05, 4.69) is 0 Å². The van der Waals surface area contributed by atoms with Gasteiger partial charge in [0.1, 0.15) is 11.5 Å². The zero-order valence-corrected chi connectivity index (χ0v) is 11.7. The van der Waals surface area contributed by atoms with Crippen molar-refractivity contribution in [2.45, 2.75) is 0 Å². The number of hydrogen-bond donors (Lipinski definition) is 0. The molecule has 0 N–H and O–H groups in total. The summed E-state index contributed by atoms with van der Waals surface area (Å²) in [5.41, 5.74) is -0.149. The van der Waals surface area contributed by atoms with Crippen molar-refractivity contribution >= 4 is 28.8 Å². The SMILES string of the molecule is O=[N+]([O-])c1ccc(OC(=S)Oc2ccc([N+](=O)[O-])cc2)cc1. The summed E-state index contributed by atoms with van der Waals surface area (Å²) < 4.78 is 10.4. The van der Waals surface area contributed by atoms with E-state index in [1.54, 1.807) is 0 Å². The number of hydrogen-bond acceptors (Lipinski definition) is 7. The Kier molecular flexibility index (Phi) is 4.59. The maximum Gasteiger partial charge on any atom is 0.363 e. The van der Waals surface area contributed by atoms with Crippen molar-refractivity contribution in [2.24, 2.45) is 0 Å². The summed E-state index contributed by atoms with van der Waals surface area (Å²) in [6, 6.07) is 10.6. The fourth-order valence-electron chi connectivity index (χ4n) is 1.49. The number of nitro groups is 2. The van der Waals surface area contributed by atoms with Gasteiger partial charge in [-0.15, -0.1) is 0 Å². The normalized spacial score (nSPS) is 9.82. The average Bonchev–Trinajstić information content (AvgIpc) is 2.48. The Labute approximate surface area is 129 Å².